The van der Waals surface area contributed by atoms with Gasteiger partial charge in [-0.1, -0.05) is 12.1 Å². The summed E-state index contributed by atoms with van der Waals surface area (Å²) in [6.45, 7) is 0.534. The average molecular weight is 221 g/mol. The van der Waals surface area contributed by atoms with Crippen molar-refractivity contribution in [2.75, 3.05) is 13.2 Å². The molecule has 0 spiro atoms. The zero-order valence-corrected chi connectivity index (χ0v) is 8.87. The second-order valence-corrected chi connectivity index (χ2v) is 3.59. The standard InChI is InChI=1S/C11H15N3O2/c12-7-10(16)11-13-8-3-1-2-4-9(8)14(11)5-6-15/h1-4,10,15-16H,5-7,12H2. The van der Waals surface area contributed by atoms with Crippen LogP contribution >= 0.6 is 0 Å². The molecule has 1 aromatic carbocycles. The highest BCUT2D eigenvalue weighted by molar-refractivity contribution is 5.76. The summed E-state index contributed by atoms with van der Waals surface area (Å²) in [5, 5.41) is 18.8. The SMILES string of the molecule is NCC(O)c1nc2ccccc2n1CCO. The van der Waals surface area contributed by atoms with Gasteiger partial charge in [-0.25, -0.2) is 4.98 Å². The lowest BCUT2D eigenvalue weighted by Gasteiger charge is -2.10. The summed E-state index contributed by atoms with van der Waals surface area (Å²) in [5.74, 6) is 0.512. The van der Waals surface area contributed by atoms with Crippen molar-refractivity contribution >= 4 is 11.0 Å². The molecule has 4 N–H and O–H groups in total. The Balaban J connectivity index is 2.58. The van der Waals surface area contributed by atoms with Gasteiger partial charge in [0, 0.05) is 13.1 Å². The van der Waals surface area contributed by atoms with Crippen LogP contribution in [0.25, 0.3) is 11.0 Å². The molecule has 2 rings (SSSR count). The molecule has 86 valence electrons. The monoisotopic (exact) mass is 221 g/mol. The molecule has 0 fully saturated rings. The quantitative estimate of drug-likeness (QED) is 0.679. The molecule has 0 radical (unpaired) electrons. The number of nitrogens with zero attached hydrogens (tertiary/aromatic N) is 2. The zero-order chi connectivity index (χ0) is 11.5. The van der Waals surface area contributed by atoms with E-state index in [0.29, 0.717) is 12.4 Å². The lowest BCUT2D eigenvalue weighted by Crippen LogP contribution is -2.18. The first-order valence-corrected chi connectivity index (χ1v) is 5.22. The van der Waals surface area contributed by atoms with E-state index in [2.05, 4.69) is 4.98 Å². The van der Waals surface area contributed by atoms with Gasteiger partial charge in [0.1, 0.15) is 11.9 Å². The lowest BCUT2D eigenvalue weighted by atomic mass is 10.3. The van der Waals surface area contributed by atoms with Crippen LogP contribution in [0.1, 0.15) is 11.9 Å². The molecule has 0 saturated carbocycles. The number of hydrogen-bond donors (Lipinski definition) is 3. The molecule has 0 bridgehead atoms. The largest absolute Gasteiger partial charge is 0.395 e. The Kier molecular flexibility index (Phi) is 3.19. The van der Waals surface area contributed by atoms with Gasteiger partial charge in [0.2, 0.25) is 0 Å². The molecule has 5 nitrogen and oxygen atoms in total. The molecule has 2 aromatic rings. The average Bonchev–Trinajstić information content (AvgIpc) is 2.68. The molecule has 1 unspecified atom stereocenters. The molecular weight excluding hydrogens is 206 g/mol. The molecule has 0 amide bonds. The number of aliphatic hydroxyl groups excluding tert-OH is 2. The summed E-state index contributed by atoms with van der Waals surface area (Å²) in [6.07, 6.45) is -0.793. The van der Waals surface area contributed by atoms with Crippen molar-refractivity contribution in [1.29, 1.82) is 0 Å². The second-order valence-electron chi connectivity index (χ2n) is 3.59. The molecule has 0 aliphatic rings. The minimum atomic E-state index is -0.793. The van der Waals surface area contributed by atoms with Gasteiger partial charge in [0.25, 0.3) is 0 Å². The molecule has 1 atom stereocenters. The minimum absolute atomic E-state index is 0.00461. The van der Waals surface area contributed by atoms with Gasteiger partial charge in [0.15, 0.2) is 0 Å². The van der Waals surface area contributed by atoms with Gasteiger partial charge in [0.05, 0.1) is 17.6 Å². The highest BCUT2D eigenvalue weighted by atomic mass is 16.3. The van der Waals surface area contributed by atoms with E-state index in [1.165, 1.54) is 0 Å². The lowest BCUT2D eigenvalue weighted by molar-refractivity contribution is 0.169. The Morgan fingerprint density at radius 1 is 1.38 bits per heavy atom. The molecule has 5 heteroatoms. The van der Waals surface area contributed by atoms with E-state index in [0.717, 1.165) is 11.0 Å². The van der Waals surface area contributed by atoms with Gasteiger partial charge in [-0.2, -0.15) is 0 Å². The molecule has 0 aliphatic carbocycles. The molecule has 0 aliphatic heterocycles. The van der Waals surface area contributed by atoms with Crippen molar-refractivity contribution < 1.29 is 10.2 Å². The summed E-state index contributed by atoms with van der Waals surface area (Å²) < 4.78 is 1.80. The van der Waals surface area contributed by atoms with Crippen molar-refractivity contribution in [1.82, 2.24) is 9.55 Å². The van der Waals surface area contributed by atoms with Crippen LogP contribution in [0.2, 0.25) is 0 Å². The molecule has 0 saturated heterocycles. The molecular formula is C11H15N3O2. The molecule has 1 aromatic heterocycles. The highest BCUT2D eigenvalue weighted by Gasteiger charge is 2.15. The van der Waals surface area contributed by atoms with E-state index < -0.39 is 6.10 Å². The Bertz CT molecular complexity index is 481. The minimum Gasteiger partial charge on any atom is -0.395 e. The van der Waals surface area contributed by atoms with Crippen LogP contribution in [0.5, 0.6) is 0 Å². The van der Waals surface area contributed by atoms with Crippen molar-refractivity contribution in [2.45, 2.75) is 12.6 Å². The first-order chi connectivity index (χ1) is 7.77. The smallest absolute Gasteiger partial charge is 0.140 e. The summed E-state index contributed by atoms with van der Waals surface area (Å²) in [5.41, 5.74) is 7.13. The summed E-state index contributed by atoms with van der Waals surface area (Å²) in [6, 6.07) is 7.56. The van der Waals surface area contributed by atoms with Crippen LogP contribution in [0, 0.1) is 0 Å². The van der Waals surface area contributed by atoms with E-state index in [1.807, 2.05) is 24.3 Å². The van der Waals surface area contributed by atoms with E-state index in [4.69, 9.17) is 10.8 Å². The summed E-state index contributed by atoms with van der Waals surface area (Å²) in [4.78, 5) is 4.32. The maximum atomic E-state index is 9.75. The van der Waals surface area contributed by atoms with Crippen LogP contribution in [-0.2, 0) is 6.54 Å². The topological polar surface area (TPSA) is 84.3 Å². The number of para-hydroxylation sites is 2. The summed E-state index contributed by atoms with van der Waals surface area (Å²) >= 11 is 0. The first kappa shape index (κ1) is 11.1. The fourth-order valence-corrected chi connectivity index (χ4v) is 1.79. The first-order valence-electron chi connectivity index (χ1n) is 5.22. The maximum Gasteiger partial charge on any atom is 0.140 e. The number of nitrogens with two attached hydrogens (primary N) is 1. The van der Waals surface area contributed by atoms with Gasteiger partial charge >= 0.3 is 0 Å². The zero-order valence-electron chi connectivity index (χ0n) is 8.87. The highest BCUT2D eigenvalue weighted by Crippen LogP contribution is 2.20. The van der Waals surface area contributed by atoms with Gasteiger partial charge < -0.3 is 20.5 Å². The number of fused-ring (bicyclic) bond motifs is 1. The fourth-order valence-electron chi connectivity index (χ4n) is 1.79. The maximum absolute atomic E-state index is 9.75. The van der Waals surface area contributed by atoms with Gasteiger partial charge in [-0.05, 0) is 12.1 Å². The number of aromatic nitrogens is 2. The number of rotatable bonds is 4. The molecule has 16 heavy (non-hydrogen) atoms. The van der Waals surface area contributed by atoms with E-state index >= 15 is 0 Å². The van der Waals surface area contributed by atoms with Crippen LogP contribution in [0.4, 0.5) is 0 Å². The van der Waals surface area contributed by atoms with Crippen LogP contribution in [-0.4, -0.2) is 32.9 Å². The number of benzene rings is 1. The van der Waals surface area contributed by atoms with E-state index in [-0.39, 0.29) is 13.2 Å². The van der Waals surface area contributed by atoms with Crippen molar-refractivity contribution in [3.05, 3.63) is 30.1 Å². The normalized spacial score (nSPS) is 13.2. The van der Waals surface area contributed by atoms with E-state index in [1.54, 1.807) is 4.57 Å². The van der Waals surface area contributed by atoms with Crippen LogP contribution in [0.15, 0.2) is 24.3 Å². The van der Waals surface area contributed by atoms with Crippen molar-refractivity contribution in [2.24, 2.45) is 5.73 Å². The van der Waals surface area contributed by atoms with Crippen molar-refractivity contribution in [3.63, 3.8) is 0 Å². The predicted octanol–water partition coefficient (Wildman–Crippen LogP) is 0.0207. The Hall–Kier alpha value is -1.43. The van der Waals surface area contributed by atoms with Crippen LogP contribution in [0.3, 0.4) is 0 Å². The Labute approximate surface area is 93.1 Å². The second kappa shape index (κ2) is 4.61. The number of aliphatic hydroxyl groups is 2. The van der Waals surface area contributed by atoms with Gasteiger partial charge in [-0.3, -0.25) is 0 Å². The Morgan fingerprint density at radius 3 is 2.81 bits per heavy atom. The fraction of sp³-hybridized carbons (Fsp3) is 0.364. The number of imidazole rings is 1. The van der Waals surface area contributed by atoms with Gasteiger partial charge in [-0.15, -0.1) is 0 Å². The Morgan fingerprint density at radius 2 is 2.12 bits per heavy atom. The van der Waals surface area contributed by atoms with Crippen molar-refractivity contribution in [3.8, 4) is 0 Å². The predicted molar refractivity (Wildman–Crippen MR) is 60.8 cm³/mol. The third-order valence-electron chi connectivity index (χ3n) is 2.53. The summed E-state index contributed by atoms with van der Waals surface area (Å²) in [7, 11) is 0. The van der Waals surface area contributed by atoms with E-state index in [9.17, 15) is 5.11 Å². The third-order valence-corrected chi connectivity index (χ3v) is 2.53. The van der Waals surface area contributed by atoms with Crippen LogP contribution < -0.4 is 5.73 Å². The molecule has 1 heterocycles. The third kappa shape index (κ3) is 1.80. The number of hydrogen-bond acceptors (Lipinski definition) is 4.